The molecular weight excluding hydrogens is 324 g/mol. The predicted molar refractivity (Wildman–Crippen MR) is 104 cm³/mol. The van der Waals surface area contributed by atoms with Gasteiger partial charge in [0.2, 0.25) is 5.91 Å². The molecule has 0 saturated carbocycles. The van der Waals surface area contributed by atoms with Crippen molar-refractivity contribution in [2.45, 2.75) is 52.6 Å². The number of aryl methyl sites for hydroxylation is 1. The van der Waals surface area contributed by atoms with Crippen LogP contribution in [-0.2, 0) is 17.8 Å². The van der Waals surface area contributed by atoms with E-state index in [0.717, 1.165) is 28.7 Å². The molecule has 1 amide bonds. The van der Waals surface area contributed by atoms with Gasteiger partial charge < -0.3 is 5.32 Å². The molecule has 5 nitrogen and oxygen atoms in total. The number of fused-ring (bicyclic) bond motifs is 1. The summed E-state index contributed by atoms with van der Waals surface area (Å²) in [6, 6.07) is 10.1. The van der Waals surface area contributed by atoms with Crippen LogP contribution in [0.3, 0.4) is 0 Å². The molecule has 5 heteroatoms. The van der Waals surface area contributed by atoms with Gasteiger partial charge in [-0.1, -0.05) is 38.1 Å². The number of aromatic nitrogens is 3. The number of carbonyl (C=O) groups excluding carboxylic acids is 1. The zero-order valence-corrected chi connectivity index (χ0v) is 15.9. The van der Waals surface area contributed by atoms with E-state index in [-0.39, 0.29) is 11.9 Å². The molecule has 0 radical (unpaired) electrons. The van der Waals surface area contributed by atoms with Crippen molar-refractivity contribution in [2.75, 3.05) is 0 Å². The van der Waals surface area contributed by atoms with Gasteiger partial charge in [-0.05, 0) is 37.0 Å². The summed E-state index contributed by atoms with van der Waals surface area (Å²) < 4.78 is 1.91. The molecule has 0 fully saturated rings. The Bertz CT molecular complexity index is 896. The summed E-state index contributed by atoms with van der Waals surface area (Å²) >= 11 is 0. The second-order valence-corrected chi connectivity index (χ2v) is 6.99. The molecule has 3 rings (SSSR count). The Morgan fingerprint density at radius 2 is 1.88 bits per heavy atom. The van der Waals surface area contributed by atoms with Gasteiger partial charge in [-0.15, -0.1) is 0 Å². The number of hydrogen-bond donors (Lipinski definition) is 1. The van der Waals surface area contributed by atoms with Crippen molar-refractivity contribution in [3.8, 4) is 0 Å². The van der Waals surface area contributed by atoms with E-state index in [0.29, 0.717) is 12.3 Å². The molecule has 1 unspecified atom stereocenters. The molecule has 136 valence electrons. The highest BCUT2D eigenvalue weighted by atomic mass is 16.1. The summed E-state index contributed by atoms with van der Waals surface area (Å²) in [5, 5.41) is 8.42. The van der Waals surface area contributed by atoms with Crippen molar-refractivity contribution >= 4 is 16.8 Å². The third-order valence-corrected chi connectivity index (χ3v) is 4.68. The molecule has 0 spiro atoms. The van der Waals surface area contributed by atoms with Crippen LogP contribution in [0.5, 0.6) is 0 Å². The number of carbonyl (C=O) groups is 1. The fourth-order valence-electron chi connectivity index (χ4n) is 3.05. The van der Waals surface area contributed by atoms with Gasteiger partial charge in [0.1, 0.15) is 0 Å². The first kappa shape index (κ1) is 18.1. The van der Waals surface area contributed by atoms with Crippen LogP contribution >= 0.6 is 0 Å². The standard InChI is InChI=1S/C21H26N4O/c1-5-25-20-13-22-19(11-18(20)12-23-25)15(4)24-21(26)10-16-6-8-17(9-7-16)14(2)3/h6-9,11-15H,5,10H2,1-4H3,(H,24,26). The highest BCUT2D eigenvalue weighted by Gasteiger charge is 2.13. The molecule has 2 heterocycles. The molecule has 1 aromatic carbocycles. The minimum Gasteiger partial charge on any atom is -0.348 e. The lowest BCUT2D eigenvalue weighted by Crippen LogP contribution is -2.28. The topological polar surface area (TPSA) is 59.8 Å². The summed E-state index contributed by atoms with van der Waals surface area (Å²) in [5.74, 6) is 0.497. The van der Waals surface area contributed by atoms with Crippen LogP contribution in [0.4, 0.5) is 0 Å². The third-order valence-electron chi connectivity index (χ3n) is 4.68. The number of benzene rings is 1. The number of nitrogens with one attached hydrogen (secondary N) is 1. The largest absolute Gasteiger partial charge is 0.348 e. The van der Waals surface area contributed by atoms with Crippen molar-refractivity contribution in [2.24, 2.45) is 0 Å². The molecule has 0 bridgehead atoms. The molecule has 2 aromatic heterocycles. The highest BCUT2D eigenvalue weighted by molar-refractivity contribution is 5.80. The first-order valence-electron chi connectivity index (χ1n) is 9.17. The Morgan fingerprint density at radius 1 is 1.15 bits per heavy atom. The molecule has 26 heavy (non-hydrogen) atoms. The monoisotopic (exact) mass is 350 g/mol. The Hall–Kier alpha value is -2.69. The molecule has 0 aliphatic carbocycles. The average Bonchev–Trinajstić information content (AvgIpc) is 3.04. The zero-order chi connectivity index (χ0) is 18.7. The van der Waals surface area contributed by atoms with E-state index in [1.807, 2.05) is 42.2 Å². The van der Waals surface area contributed by atoms with Crippen LogP contribution < -0.4 is 5.32 Å². The summed E-state index contributed by atoms with van der Waals surface area (Å²) in [7, 11) is 0. The van der Waals surface area contributed by atoms with E-state index in [1.54, 1.807) is 0 Å². The van der Waals surface area contributed by atoms with Gasteiger partial charge in [-0.25, -0.2) is 0 Å². The van der Waals surface area contributed by atoms with E-state index >= 15 is 0 Å². The normalized spacial score (nSPS) is 12.5. The van der Waals surface area contributed by atoms with Gasteiger partial charge in [0.05, 0.1) is 36.1 Å². The lowest BCUT2D eigenvalue weighted by atomic mass is 10.0. The van der Waals surface area contributed by atoms with Crippen LogP contribution in [0.25, 0.3) is 10.9 Å². The molecule has 3 aromatic rings. The number of pyridine rings is 1. The van der Waals surface area contributed by atoms with Gasteiger partial charge >= 0.3 is 0 Å². The van der Waals surface area contributed by atoms with Gasteiger partial charge in [0.15, 0.2) is 0 Å². The molecule has 1 N–H and O–H groups in total. The van der Waals surface area contributed by atoms with Gasteiger partial charge in [0.25, 0.3) is 0 Å². The van der Waals surface area contributed by atoms with Crippen LogP contribution in [0.15, 0.2) is 42.7 Å². The van der Waals surface area contributed by atoms with Crippen molar-refractivity contribution in [3.05, 3.63) is 59.5 Å². The third kappa shape index (κ3) is 3.93. The maximum Gasteiger partial charge on any atom is 0.224 e. The first-order valence-corrected chi connectivity index (χ1v) is 9.17. The second-order valence-electron chi connectivity index (χ2n) is 6.99. The summed E-state index contributed by atoms with van der Waals surface area (Å²) in [5.41, 5.74) is 4.16. The smallest absolute Gasteiger partial charge is 0.224 e. The Labute approximate surface area is 154 Å². The number of nitrogens with zero attached hydrogens (tertiary/aromatic N) is 3. The lowest BCUT2D eigenvalue weighted by molar-refractivity contribution is -0.121. The van der Waals surface area contributed by atoms with Crippen molar-refractivity contribution in [1.29, 1.82) is 0 Å². The van der Waals surface area contributed by atoms with Crippen LogP contribution in [0.2, 0.25) is 0 Å². The Morgan fingerprint density at radius 3 is 2.54 bits per heavy atom. The minimum atomic E-state index is -0.146. The van der Waals surface area contributed by atoms with E-state index < -0.39 is 0 Å². The Balaban J connectivity index is 1.65. The van der Waals surface area contributed by atoms with Gasteiger partial charge in [0, 0.05) is 11.9 Å². The Kier molecular flexibility index (Phi) is 5.35. The number of rotatable bonds is 6. The van der Waals surface area contributed by atoms with Gasteiger partial charge in [-0.2, -0.15) is 5.10 Å². The van der Waals surface area contributed by atoms with Crippen molar-refractivity contribution < 1.29 is 4.79 Å². The molecule has 1 atom stereocenters. The first-order chi connectivity index (χ1) is 12.5. The zero-order valence-electron chi connectivity index (χ0n) is 15.9. The van der Waals surface area contributed by atoms with Crippen LogP contribution in [0.1, 0.15) is 56.5 Å². The van der Waals surface area contributed by atoms with Crippen LogP contribution in [0, 0.1) is 0 Å². The molecule has 0 aliphatic heterocycles. The van der Waals surface area contributed by atoms with Crippen molar-refractivity contribution in [1.82, 2.24) is 20.1 Å². The average molecular weight is 350 g/mol. The summed E-state index contributed by atoms with van der Waals surface area (Å²) in [4.78, 5) is 16.9. The summed E-state index contributed by atoms with van der Waals surface area (Å²) in [6.07, 6.45) is 4.04. The SMILES string of the molecule is CCn1ncc2cc(C(C)NC(=O)Cc3ccc(C(C)C)cc3)ncc21. The van der Waals surface area contributed by atoms with E-state index in [2.05, 4.69) is 48.3 Å². The maximum absolute atomic E-state index is 12.4. The van der Waals surface area contributed by atoms with Gasteiger partial charge in [-0.3, -0.25) is 14.5 Å². The lowest BCUT2D eigenvalue weighted by Gasteiger charge is -2.14. The summed E-state index contributed by atoms with van der Waals surface area (Å²) in [6.45, 7) is 9.15. The number of amides is 1. The van der Waals surface area contributed by atoms with Crippen LogP contribution in [-0.4, -0.2) is 20.7 Å². The molecule has 0 aliphatic rings. The molecular formula is C21H26N4O. The predicted octanol–water partition coefficient (Wildman–Crippen LogP) is 3.99. The maximum atomic E-state index is 12.4. The number of hydrogen-bond acceptors (Lipinski definition) is 3. The van der Waals surface area contributed by atoms with Crippen molar-refractivity contribution in [3.63, 3.8) is 0 Å². The van der Waals surface area contributed by atoms with E-state index in [1.165, 1.54) is 5.56 Å². The molecule has 0 saturated heterocycles. The fourth-order valence-corrected chi connectivity index (χ4v) is 3.05. The quantitative estimate of drug-likeness (QED) is 0.731. The second kappa shape index (κ2) is 7.68. The fraction of sp³-hybridized carbons (Fsp3) is 0.381. The minimum absolute atomic E-state index is 0.000877. The van der Waals surface area contributed by atoms with E-state index in [9.17, 15) is 4.79 Å². The van der Waals surface area contributed by atoms with E-state index in [4.69, 9.17) is 0 Å². The highest BCUT2D eigenvalue weighted by Crippen LogP contribution is 2.18.